The molecule has 0 N–H and O–H groups in total. The largest absolute Gasteiger partial charge is 0.376 e. The third kappa shape index (κ3) is 22.7. The van der Waals surface area contributed by atoms with E-state index in [2.05, 4.69) is 18.7 Å². The van der Waals surface area contributed by atoms with Gasteiger partial charge in [-0.2, -0.15) is 26.3 Å². The molecule has 1 aromatic carbocycles. The van der Waals surface area contributed by atoms with Crippen LogP contribution in [0, 0.1) is 81.3 Å². The van der Waals surface area contributed by atoms with E-state index in [0.717, 1.165) is 12.0 Å². The molecule has 32 heavy (non-hydrogen) atoms. The van der Waals surface area contributed by atoms with Crippen molar-refractivity contribution in [1.82, 2.24) is 0 Å². The van der Waals surface area contributed by atoms with E-state index in [1.54, 1.807) is 18.2 Å². The first-order valence-electron chi connectivity index (χ1n) is 10.4. The number of hydrogen-bond acceptors (Lipinski definition) is 6. The van der Waals surface area contributed by atoms with Gasteiger partial charge >= 0.3 is 0 Å². The van der Waals surface area contributed by atoms with E-state index >= 15 is 0 Å². The van der Waals surface area contributed by atoms with Crippen LogP contribution in [0.2, 0.25) is 0 Å². The molecule has 0 saturated carbocycles. The number of rotatable bonds is 6. The van der Waals surface area contributed by atoms with Crippen molar-refractivity contribution in [3.05, 3.63) is 47.5 Å². The van der Waals surface area contributed by atoms with Crippen molar-refractivity contribution in [1.29, 1.82) is 26.3 Å². The van der Waals surface area contributed by atoms with Crippen LogP contribution in [0.1, 0.15) is 64.2 Å². The predicted molar refractivity (Wildman–Crippen MR) is 127 cm³/mol. The van der Waals surface area contributed by atoms with Gasteiger partial charge in [-0.1, -0.05) is 32.9 Å². The van der Waals surface area contributed by atoms with Crippen LogP contribution in [-0.2, 0) is 4.74 Å². The van der Waals surface area contributed by atoms with E-state index in [-0.39, 0.29) is 11.8 Å². The summed E-state index contributed by atoms with van der Waals surface area (Å²) in [6.07, 6.45) is 3.22. The van der Waals surface area contributed by atoms with Crippen LogP contribution < -0.4 is 0 Å². The van der Waals surface area contributed by atoms with Gasteiger partial charge in [0.25, 0.3) is 0 Å². The summed E-state index contributed by atoms with van der Waals surface area (Å²) in [6, 6.07) is 15.3. The third-order valence-electron chi connectivity index (χ3n) is 3.40. The molecule has 0 bridgehead atoms. The van der Waals surface area contributed by atoms with Crippen LogP contribution in [0.15, 0.2) is 30.9 Å². The van der Waals surface area contributed by atoms with Gasteiger partial charge in [0.1, 0.15) is 12.1 Å². The molecule has 0 saturated heterocycles. The van der Waals surface area contributed by atoms with Gasteiger partial charge in [-0.3, -0.25) is 0 Å². The van der Waals surface area contributed by atoms with E-state index in [9.17, 15) is 0 Å². The molecule has 1 unspecified atom stereocenters. The number of nitriles is 5. The molecule has 0 amide bonds. The first-order chi connectivity index (χ1) is 15.2. The Morgan fingerprint density at radius 2 is 1.53 bits per heavy atom. The zero-order valence-electron chi connectivity index (χ0n) is 20.2. The van der Waals surface area contributed by atoms with E-state index in [1.165, 1.54) is 0 Å². The highest BCUT2D eigenvalue weighted by atomic mass is 16.5. The van der Waals surface area contributed by atoms with Gasteiger partial charge in [0.2, 0.25) is 0 Å². The Labute approximate surface area is 194 Å². The minimum absolute atomic E-state index is 0.0416. The molecule has 0 fully saturated rings. The molecule has 1 aromatic rings. The lowest BCUT2D eigenvalue weighted by Crippen LogP contribution is -2.05. The minimum Gasteiger partial charge on any atom is -0.376 e. The number of benzene rings is 1. The lowest BCUT2D eigenvalue weighted by molar-refractivity contribution is 0.138. The lowest BCUT2D eigenvalue weighted by atomic mass is 10.1. The summed E-state index contributed by atoms with van der Waals surface area (Å²) in [5.41, 5.74) is 1.89. The molecule has 0 heterocycles. The van der Waals surface area contributed by atoms with Crippen LogP contribution in [-0.4, -0.2) is 13.2 Å². The highest BCUT2D eigenvalue weighted by molar-refractivity contribution is 5.46. The maximum Gasteiger partial charge on any atom is 0.101 e. The molecule has 0 aliphatic rings. The predicted octanol–water partition coefficient (Wildman–Crippen LogP) is 6.20. The molecule has 6 nitrogen and oxygen atoms in total. The van der Waals surface area contributed by atoms with Crippen LogP contribution in [0.4, 0.5) is 0 Å². The second-order valence-electron chi connectivity index (χ2n) is 7.37. The van der Waals surface area contributed by atoms with Crippen LogP contribution in [0.25, 0.3) is 0 Å². The lowest BCUT2D eigenvalue weighted by Gasteiger charge is -2.03. The second kappa shape index (κ2) is 23.6. The topological polar surface area (TPSA) is 128 Å². The Morgan fingerprint density at radius 3 is 1.84 bits per heavy atom. The number of ether oxygens (including phenoxy) is 1. The van der Waals surface area contributed by atoms with Crippen LogP contribution in [0.5, 0.6) is 0 Å². The molecule has 1 atom stereocenters. The highest BCUT2D eigenvalue weighted by Crippen LogP contribution is 2.08. The van der Waals surface area contributed by atoms with Crippen molar-refractivity contribution < 1.29 is 4.74 Å². The van der Waals surface area contributed by atoms with Crippen molar-refractivity contribution in [3.8, 4) is 30.3 Å². The Kier molecular flexibility index (Phi) is 24.4. The molecule has 0 aromatic heterocycles. The summed E-state index contributed by atoms with van der Waals surface area (Å²) in [5, 5.41) is 41.5. The van der Waals surface area contributed by atoms with Gasteiger partial charge in [0, 0.05) is 12.3 Å². The maximum absolute atomic E-state index is 8.57. The SMILES string of the molecule is C=CCOCC(C#N)CC.CC(C)C#N.CC(C)CC#N.Cc1ccc(C#N)c(C#N)c1. The maximum atomic E-state index is 8.57. The van der Waals surface area contributed by atoms with E-state index in [1.807, 2.05) is 65.8 Å². The van der Waals surface area contributed by atoms with Gasteiger partial charge in [-0.15, -0.1) is 6.58 Å². The molecule has 6 heteroatoms. The summed E-state index contributed by atoms with van der Waals surface area (Å²) in [7, 11) is 0. The molecule has 1 rings (SSSR count). The van der Waals surface area contributed by atoms with Gasteiger partial charge < -0.3 is 4.74 Å². The van der Waals surface area contributed by atoms with Crippen molar-refractivity contribution in [2.75, 3.05) is 13.2 Å². The van der Waals surface area contributed by atoms with Gasteiger partial charge in [0.05, 0.1) is 48.5 Å². The Bertz CT molecular complexity index is 839. The molecule has 0 aliphatic carbocycles. The first-order valence-corrected chi connectivity index (χ1v) is 10.4. The van der Waals surface area contributed by atoms with E-state index in [4.69, 9.17) is 31.0 Å². The zero-order valence-corrected chi connectivity index (χ0v) is 20.2. The molecular weight excluding hydrogens is 398 g/mol. The van der Waals surface area contributed by atoms with Crippen molar-refractivity contribution >= 4 is 0 Å². The summed E-state index contributed by atoms with van der Waals surface area (Å²) in [4.78, 5) is 0. The van der Waals surface area contributed by atoms with Crippen LogP contribution >= 0.6 is 0 Å². The standard InChI is InChI=1S/C9H6N2.C8H13NO.C5H9N.C4H7N/c1-7-2-3-8(5-10)9(4-7)6-11;1-3-5-10-7-8(4-2)6-9;1-5(2)3-4-6;1-4(2)3-5/h2-4H,1H3;3,8H,1,4-5,7H2,2H3;5H,3H2,1-2H3;4H,1-2H3. The average Bonchev–Trinajstić information content (AvgIpc) is 2.78. The molecule has 0 spiro atoms. The van der Waals surface area contributed by atoms with Gasteiger partial charge in [0.15, 0.2) is 0 Å². The fourth-order valence-corrected chi connectivity index (χ4v) is 1.57. The smallest absolute Gasteiger partial charge is 0.101 e. The summed E-state index contributed by atoms with van der Waals surface area (Å²) in [5.74, 6) is 0.768. The average molecular weight is 434 g/mol. The van der Waals surface area contributed by atoms with Crippen molar-refractivity contribution in [2.45, 2.75) is 54.4 Å². The Hall–Kier alpha value is -3.63. The number of hydrogen-bond donors (Lipinski definition) is 0. The van der Waals surface area contributed by atoms with Gasteiger partial charge in [-0.05, 0) is 50.8 Å². The monoisotopic (exact) mass is 433 g/mol. The Balaban J connectivity index is -0.000000369. The van der Waals surface area contributed by atoms with Gasteiger partial charge in [-0.25, -0.2) is 0 Å². The number of aryl methyl sites for hydroxylation is 1. The highest BCUT2D eigenvalue weighted by Gasteiger charge is 2.02. The van der Waals surface area contributed by atoms with Crippen LogP contribution in [0.3, 0.4) is 0 Å². The zero-order chi connectivity index (χ0) is 25.4. The van der Waals surface area contributed by atoms with E-state index in [0.29, 0.717) is 36.7 Å². The Morgan fingerprint density at radius 1 is 0.969 bits per heavy atom. The number of nitrogens with zero attached hydrogens (tertiary/aromatic N) is 5. The molecule has 0 aliphatic heterocycles. The minimum atomic E-state index is 0.0416. The molecular formula is C26H35N5O. The fourth-order valence-electron chi connectivity index (χ4n) is 1.57. The normalized spacial score (nSPS) is 9.34. The van der Waals surface area contributed by atoms with Crippen molar-refractivity contribution in [2.24, 2.45) is 17.8 Å². The summed E-state index contributed by atoms with van der Waals surface area (Å²) >= 11 is 0. The summed E-state index contributed by atoms with van der Waals surface area (Å²) < 4.78 is 5.09. The fraction of sp³-hybridized carbons (Fsp3) is 0.500. The quantitative estimate of drug-likeness (QED) is 0.388. The van der Waals surface area contributed by atoms with E-state index < -0.39 is 0 Å². The third-order valence-corrected chi connectivity index (χ3v) is 3.40. The van der Waals surface area contributed by atoms with Crippen molar-refractivity contribution in [3.63, 3.8) is 0 Å². The first kappa shape index (κ1) is 33.0. The summed E-state index contributed by atoms with van der Waals surface area (Å²) in [6.45, 7) is 16.2. The molecule has 170 valence electrons. The second-order valence-corrected chi connectivity index (χ2v) is 7.37. The molecule has 0 radical (unpaired) electrons.